The van der Waals surface area contributed by atoms with Gasteiger partial charge in [0, 0.05) is 0 Å². The average Bonchev–Trinajstić information content (AvgIpc) is 2.61. The summed E-state index contributed by atoms with van der Waals surface area (Å²) in [6, 6.07) is 5.73. The van der Waals surface area contributed by atoms with Crippen molar-refractivity contribution in [1.29, 1.82) is 0 Å². The number of rotatable bonds is 3. The van der Waals surface area contributed by atoms with Crippen LogP contribution in [0.2, 0.25) is 0 Å². The zero-order chi connectivity index (χ0) is 12.4. The standard InChI is InChI=1S/C13H12FNO2/c1-2-5-9(8-14)15-12(16)10-6-3-4-7-11(10)13(15)17/h2-7,9H,8H2,1H3. The van der Waals surface area contributed by atoms with Gasteiger partial charge in [0.1, 0.15) is 6.67 Å². The van der Waals surface area contributed by atoms with Crippen LogP contribution in [-0.2, 0) is 0 Å². The van der Waals surface area contributed by atoms with Gasteiger partial charge in [-0.1, -0.05) is 24.3 Å². The van der Waals surface area contributed by atoms with E-state index in [0.717, 1.165) is 4.90 Å². The molecule has 0 radical (unpaired) electrons. The van der Waals surface area contributed by atoms with Crippen molar-refractivity contribution in [2.45, 2.75) is 13.0 Å². The van der Waals surface area contributed by atoms with Crippen molar-refractivity contribution in [2.75, 3.05) is 6.67 Å². The molecular formula is C13H12FNO2. The highest BCUT2D eigenvalue weighted by Crippen LogP contribution is 2.24. The van der Waals surface area contributed by atoms with Gasteiger partial charge in [0.05, 0.1) is 17.2 Å². The molecule has 88 valence electrons. The van der Waals surface area contributed by atoms with E-state index < -0.39 is 24.5 Å². The molecular weight excluding hydrogens is 221 g/mol. The Balaban J connectivity index is 2.42. The van der Waals surface area contributed by atoms with Gasteiger partial charge in [-0.25, -0.2) is 4.39 Å². The molecule has 0 aliphatic carbocycles. The van der Waals surface area contributed by atoms with Gasteiger partial charge in [0.2, 0.25) is 0 Å². The third-order valence-corrected chi connectivity index (χ3v) is 2.73. The van der Waals surface area contributed by atoms with Crippen LogP contribution in [0.3, 0.4) is 0 Å². The van der Waals surface area contributed by atoms with Crippen LogP contribution in [-0.4, -0.2) is 29.4 Å². The van der Waals surface area contributed by atoms with Crippen LogP contribution < -0.4 is 0 Å². The summed E-state index contributed by atoms with van der Waals surface area (Å²) in [6.07, 6.45) is 3.15. The van der Waals surface area contributed by atoms with E-state index in [-0.39, 0.29) is 0 Å². The Morgan fingerprint density at radius 3 is 2.18 bits per heavy atom. The monoisotopic (exact) mass is 233 g/mol. The fourth-order valence-electron chi connectivity index (χ4n) is 1.94. The molecule has 0 saturated heterocycles. The van der Waals surface area contributed by atoms with E-state index in [4.69, 9.17) is 0 Å². The van der Waals surface area contributed by atoms with Gasteiger partial charge in [0.25, 0.3) is 11.8 Å². The summed E-state index contributed by atoms with van der Waals surface area (Å²) in [5.41, 5.74) is 0.695. The number of fused-ring (bicyclic) bond motifs is 1. The van der Waals surface area contributed by atoms with Gasteiger partial charge in [0.15, 0.2) is 0 Å². The second-order valence-corrected chi connectivity index (χ2v) is 3.77. The zero-order valence-corrected chi connectivity index (χ0v) is 9.39. The fraction of sp³-hybridized carbons (Fsp3) is 0.231. The highest BCUT2D eigenvalue weighted by Gasteiger charge is 2.38. The van der Waals surface area contributed by atoms with Crippen molar-refractivity contribution in [3.05, 3.63) is 47.5 Å². The lowest BCUT2D eigenvalue weighted by Gasteiger charge is -2.20. The molecule has 1 aromatic rings. The van der Waals surface area contributed by atoms with E-state index in [1.54, 1.807) is 37.3 Å². The molecule has 1 atom stereocenters. The molecule has 0 saturated carbocycles. The van der Waals surface area contributed by atoms with Crippen molar-refractivity contribution in [3.63, 3.8) is 0 Å². The van der Waals surface area contributed by atoms with Crippen molar-refractivity contribution in [2.24, 2.45) is 0 Å². The summed E-state index contributed by atoms with van der Waals surface area (Å²) in [5.74, 6) is -0.849. The Kier molecular flexibility index (Phi) is 3.04. The number of hydrogen-bond donors (Lipinski definition) is 0. The molecule has 0 N–H and O–H groups in total. The Morgan fingerprint density at radius 1 is 1.24 bits per heavy atom. The lowest BCUT2D eigenvalue weighted by Crippen LogP contribution is -2.40. The third-order valence-electron chi connectivity index (χ3n) is 2.73. The Hall–Kier alpha value is -1.97. The molecule has 1 unspecified atom stereocenters. The number of alkyl halides is 1. The normalized spacial score (nSPS) is 16.7. The van der Waals surface area contributed by atoms with E-state index in [1.807, 2.05) is 0 Å². The van der Waals surface area contributed by atoms with E-state index in [9.17, 15) is 14.0 Å². The number of benzene rings is 1. The number of hydrogen-bond acceptors (Lipinski definition) is 2. The predicted octanol–water partition coefficient (Wildman–Crippen LogP) is 2.20. The lowest BCUT2D eigenvalue weighted by molar-refractivity contribution is 0.0596. The molecule has 0 spiro atoms. The number of amides is 2. The first kappa shape index (κ1) is 11.5. The van der Waals surface area contributed by atoms with Gasteiger partial charge in [-0.15, -0.1) is 0 Å². The molecule has 2 amide bonds. The second-order valence-electron chi connectivity index (χ2n) is 3.77. The maximum atomic E-state index is 12.9. The molecule has 1 aromatic carbocycles. The van der Waals surface area contributed by atoms with Crippen molar-refractivity contribution < 1.29 is 14.0 Å². The van der Waals surface area contributed by atoms with Gasteiger partial charge in [-0.3, -0.25) is 14.5 Å². The first-order valence-corrected chi connectivity index (χ1v) is 5.36. The minimum atomic E-state index is -0.813. The van der Waals surface area contributed by atoms with Gasteiger partial charge in [-0.05, 0) is 19.1 Å². The third kappa shape index (κ3) is 1.75. The van der Waals surface area contributed by atoms with Crippen LogP contribution >= 0.6 is 0 Å². The first-order valence-electron chi connectivity index (χ1n) is 5.36. The number of carbonyl (C=O) groups is 2. The number of carbonyl (C=O) groups excluding carboxylic acids is 2. The van der Waals surface area contributed by atoms with Gasteiger partial charge in [-0.2, -0.15) is 0 Å². The second kappa shape index (κ2) is 4.49. The lowest BCUT2D eigenvalue weighted by atomic mass is 10.1. The maximum Gasteiger partial charge on any atom is 0.262 e. The predicted molar refractivity (Wildman–Crippen MR) is 61.5 cm³/mol. The van der Waals surface area contributed by atoms with Crippen LogP contribution in [0.4, 0.5) is 4.39 Å². The molecule has 0 fully saturated rings. The molecule has 0 bridgehead atoms. The molecule has 1 aliphatic heterocycles. The largest absolute Gasteiger partial charge is 0.269 e. The summed E-state index contributed by atoms with van der Waals surface area (Å²) < 4.78 is 12.9. The Bertz CT molecular complexity index is 461. The summed E-state index contributed by atoms with van der Waals surface area (Å²) >= 11 is 0. The van der Waals surface area contributed by atoms with Crippen LogP contribution in [0.1, 0.15) is 27.6 Å². The Labute approximate surface area is 98.5 Å². The average molecular weight is 233 g/mol. The number of nitrogens with zero attached hydrogens (tertiary/aromatic N) is 1. The molecule has 3 nitrogen and oxygen atoms in total. The maximum absolute atomic E-state index is 12.9. The SMILES string of the molecule is CC=CC(CF)N1C(=O)c2ccccc2C1=O. The van der Waals surface area contributed by atoms with Crippen molar-refractivity contribution in [1.82, 2.24) is 4.90 Å². The summed E-state index contributed by atoms with van der Waals surface area (Å²) in [6.45, 7) is 0.955. The summed E-state index contributed by atoms with van der Waals surface area (Å²) in [4.78, 5) is 25.0. The first-order chi connectivity index (χ1) is 8.20. The fourth-order valence-corrected chi connectivity index (χ4v) is 1.94. The molecule has 4 heteroatoms. The highest BCUT2D eigenvalue weighted by atomic mass is 19.1. The summed E-state index contributed by atoms with van der Waals surface area (Å²) in [5, 5.41) is 0. The molecule has 0 aromatic heterocycles. The minimum Gasteiger partial charge on any atom is -0.269 e. The molecule has 1 heterocycles. The molecule has 1 aliphatic rings. The van der Waals surface area contributed by atoms with E-state index in [0.29, 0.717) is 11.1 Å². The van der Waals surface area contributed by atoms with Crippen LogP contribution in [0.5, 0.6) is 0 Å². The van der Waals surface area contributed by atoms with E-state index in [2.05, 4.69) is 0 Å². The van der Waals surface area contributed by atoms with E-state index in [1.165, 1.54) is 6.08 Å². The quantitative estimate of drug-likeness (QED) is 0.593. The van der Waals surface area contributed by atoms with Gasteiger partial charge >= 0.3 is 0 Å². The van der Waals surface area contributed by atoms with Crippen molar-refractivity contribution >= 4 is 11.8 Å². The smallest absolute Gasteiger partial charge is 0.262 e. The minimum absolute atomic E-state index is 0.348. The van der Waals surface area contributed by atoms with E-state index >= 15 is 0 Å². The Morgan fingerprint density at radius 2 is 1.76 bits per heavy atom. The number of imide groups is 1. The van der Waals surface area contributed by atoms with Crippen molar-refractivity contribution in [3.8, 4) is 0 Å². The number of allylic oxidation sites excluding steroid dienone is 1. The highest BCUT2D eigenvalue weighted by molar-refractivity contribution is 6.21. The number of halogens is 1. The topological polar surface area (TPSA) is 37.4 Å². The summed E-state index contributed by atoms with van der Waals surface area (Å²) in [7, 11) is 0. The molecule has 17 heavy (non-hydrogen) atoms. The van der Waals surface area contributed by atoms with Crippen LogP contribution in [0.15, 0.2) is 36.4 Å². The molecule has 2 rings (SSSR count). The zero-order valence-electron chi connectivity index (χ0n) is 9.39. The van der Waals surface area contributed by atoms with Gasteiger partial charge < -0.3 is 0 Å². The van der Waals surface area contributed by atoms with Crippen LogP contribution in [0.25, 0.3) is 0 Å². The van der Waals surface area contributed by atoms with Crippen LogP contribution in [0, 0.1) is 0 Å².